The highest BCUT2D eigenvalue weighted by Crippen LogP contribution is 2.19. The molecule has 1 aliphatic carbocycles. The van der Waals surface area contributed by atoms with Crippen molar-refractivity contribution in [3.63, 3.8) is 0 Å². The van der Waals surface area contributed by atoms with E-state index in [0.717, 1.165) is 31.2 Å². The van der Waals surface area contributed by atoms with Crippen molar-refractivity contribution in [1.82, 2.24) is 4.57 Å². The molecule has 1 aliphatic rings. The molecule has 22 heavy (non-hydrogen) atoms. The highest BCUT2D eigenvalue weighted by atomic mass is 16.4. The van der Waals surface area contributed by atoms with E-state index in [9.17, 15) is 9.59 Å². The van der Waals surface area contributed by atoms with Gasteiger partial charge >= 0.3 is 5.76 Å². The Hall–Kier alpha value is -2.37. The van der Waals surface area contributed by atoms with E-state index in [1.807, 2.05) is 19.1 Å². The minimum Gasteiger partial charge on any atom is -0.408 e. The zero-order valence-corrected chi connectivity index (χ0v) is 12.6. The number of carbonyl (C=O) groups is 1. The van der Waals surface area contributed by atoms with Gasteiger partial charge in [-0.15, -0.1) is 0 Å². The summed E-state index contributed by atoms with van der Waals surface area (Å²) in [5.41, 5.74) is 5.49. The number of rotatable bonds is 3. The number of nitrogens with zero attached hydrogens (tertiary/aromatic N) is 2. The Balaban J connectivity index is 1.85. The molecule has 1 fully saturated rings. The lowest BCUT2D eigenvalue weighted by atomic mass is 10.1. The molecule has 3 rings (SSSR count). The van der Waals surface area contributed by atoms with E-state index in [1.54, 1.807) is 10.6 Å². The molecule has 6 nitrogen and oxygen atoms in total. The van der Waals surface area contributed by atoms with Crippen LogP contribution < -0.4 is 11.2 Å². The summed E-state index contributed by atoms with van der Waals surface area (Å²) in [5.74, 6) is -0.241. The summed E-state index contributed by atoms with van der Waals surface area (Å²) in [4.78, 5) is 23.6. The van der Waals surface area contributed by atoms with E-state index in [0.29, 0.717) is 29.9 Å². The van der Waals surface area contributed by atoms with E-state index in [1.165, 1.54) is 0 Å². The summed E-state index contributed by atoms with van der Waals surface area (Å²) in [5, 5.41) is 4.24. The van der Waals surface area contributed by atoms with E-state index >= 15 is 0 Å². The maximum atomic E-state index is 11.9. The molecule has 0 radical (unpaired) electrons. The molecule has 1 heterocycles. The number of hydrazone groups is 1. The van der Waals surface area contributed by atoms with Crippen LogP contribution in [-0.4, -0.2) is 16.1 Å². The third kappa shape index (κ3) is 2.81. The second-order valence-electron chi connectivity index (χ2n) is 5.45. The largest absolute Gasteiger partial charge is 0.419 e. The standard InChI is InChI=1S/C16H19N3O3/c1-2-19-13-9-8-11(10-15(13)22-16(19)21)17-18-12-6-4-3-5-7-14(12)20/h8-10,17H,2-7H2,1H3/b18-12+. The molecular weight excluding hydrogens is 282 g/mol. The maximum absolute atomic E-state index is 11.9. The highest BCUT2D eigenvalue weighted by molar-refractivity contribution is 6.40. The van der Waals surface area contributed by atoms with E-state index < -0.39 is 0 Å². The molecule has 0 spiro atoms. The van der Waals surface area contributed by atoms with Gasteiger partial charge in [-0.1, -0.05) is 6.42 Å². The van der Waals surface area contributed by atoms with Gasteiger partial charge in [-0.3, -0.25) is 14.8 Å². The first-order valence-corrected chi connectivity index (χ1v) is 7.68. The first-order chi connectivity index (χ1) is 10.7. The maximum Gasteiger partial charge on any atom is 0.419 e. The molecule has 1 saturated carbocycles. The van der Waals surface area contributed by atoms with E-state index in [-0.39, 0.29) is 11.5 Å². The fourth-order valence-corrected chi connectivity index (χ4v) is 2.72. The number of aryl methyl sites for hydroxylation is 1. The molecule has 1 N–H and O–H groups in total. The van der Waals surface area contributed by atoms with Crippen molar-refractivity contribution in [3.8, 4) is 0 Å². The average Bonchev–Trinajstić information content (AvgIpc) is 2.68. The summed E-state index contributed by atoms with van der Waals surface area (Å²) in [6.45, 7) is 2.46. The number of benzene rings is 1. The Kier molecular flexibility index (Phi) is 4.09. The second kappa shape index (κ2) is 6.17. The first kappa shape index (κ1) is 14.6. The van der Waals surface area contributed by atoms with Crippen LogP contribution in [0.5, 0.6) is 0 Å². The molecule has 1 aromatic heterocycles. The van der Waals surface area contributed by atoms with Crippen LogP contribution in [0.2, 0.25) is 0 Å². The number of anilines is 1. The van der Waals surface area contributed by atoms with Crippen LogP contribution in [0.3, 0.4) is 0 Å². The van der Waals surface area contributed by atoms with Gasteiger partial charge in [-0.25, -0.2) is 4.79 Å². The minimum atomic E-state index is -0.361. The number of hydrogen-bond acceptors (Lipinski definition) is 5. The summed E-state index contributed by atoms with van der Waals surface area (Å²) < 4.78 is 6.78. The van der Waals surface area contributed by atoms with Gasteiger partial charge < -0.3 is 4.42 Å². The lowest BCUT2D eigenvalue weighted by molar-refractivity contribution is -0.113. The molecule has 0 unspecified atom stereocenters. The van der Waals surface area contributed by atoms with Gasteiger partial charge in [0.1, 0.15) is 5.71 Å². The van der Waals surface area contributed by atoms with E-state index in [2.05, 4.69) is 10.5 Å². The van der Waals surface area contributed by atoms with Gasteiger partial charge in [0.15, 0.2) is 11.4 Å². The first-order valence-electron chi connectivity index (χ1n) is 7.68. The third-order valence-corrected chi connectivity index (χ3v) is 3.94. The van der Waals surface area contributed by atoms with Crippen LogP contribution in [0.25, 0.3) is 11.1 Å². The second-order valence-corrected chi connectivity index (χ2v) is 5.45. The average molecular weight is 301 g/mol. The number of nitrogens with one attached hydrogen (secondary N) is 1. The smallest absolute Gasteiger partial charge is 0.408 e. The summed E-state index contributed by atoms with van der Waals surface area (Å²) in [6.07, 6.45) is 4.31. The van der Waals surface area contributed by atoms with Gasteiger partial charge in [-0.05, 0) is 38.3 Å². The quantitative estimate of drug-likeness (QED) is 0.698. The summed E-state index contributed by atoms with van der Waals surface area (Å²) in [6, 6.07) is 5.38. The number of carbonyl (C=O) groups excluding carboxylic acids is 1. The van der Waals surface area contributed by atoms with Gasteiger partial charge in [0.05, 0.1) is 11.2 Å². The molecular formula is C16H19N3O3. The fourth-order valence-electron chi connectivity index (χ4n) is 2.72. The van der Waals surface area contributed by atoms with Crippen LogP contribution >= 0.6 is 0 Å². The Morgan fingerprint density at radius 1 is 1.23 bits per heavy atom. The summed E-state index contributed by atoms with van der Waals surface area (Å²) in [7, 11) is 0. The molecule has 0 saturated heterocycles. The van der Waals surface area contributed by atoms with Gasteiger partial charge in [-0.2, -0.15) is 5.10 Å². The normalized spacial score (nSPS) is 17.9. The van der Waals surface area contributed by atoms with Gasteiger partial charge in [0.2, 0.25) is 0 Å². The molecule has 0 atom stereocenters. The molecule has 0 amide bonds. The number of ketones is 1. The van der Waals surface area contributed by atoms with Crippen LogP contribution in [-0.2, 0) is 11.3 Å². The van der Waals surface area contributed by atoms with E-state index in [4.69, 9.17) is 4.42 Å². The lowest BCUT2D eigenvalue weighted by Crippen LogP contribution is -2.13. The number of hydrogen-bond donors (Lipinski definition) is 1. The molecule has 1 aromatic carbocycles. The number of aromatic nitrogens is 1. The van der Waals surface area contributed by atoms with Gasteiger partial charge in [0.25, 0.3) is 0 Å². The van der Waals surface area contributed by atoms with Crippen molar-refractivity contribution >= 4 is 28.3 Å². The number of fused-ring (bicyclic) bond motifs is 1. The Morgan fingerprint density at radius 2 is 2.05 bits per heavy atom. The zero-order valence-electron chi connectivity index (χ0n) is 12.6. The molecule has 116 valence electrons. The van der Waals surface area contributed by atoms with Crippen molar-refractivity contribution in [3.05, 3.63) is 28.7 Å². The number of oxazole rings is 1. The van der Waals surface area contributed by atoms with Crippen molar-refractivity contribution in [2.45, 2.75) is 45.6 Å². The predicted octanol–water partition coefficient (Wildman–Crippen LogP) is 2.92. The van der Waals surface area contributed by atoms with Crippen LogP contribution in [0.15, 0.2) is 32.5 Å². The third-order valence-electron chi connectivity index (χ3n) is 3.94. The lowest BCUT2D eigenvalue weighted by Gasteiger charge is -2.04. The Bertz CT molecular complexity index is 786. The zero-order chi connectivity index (χ0) is 15.5. The summed E-state index contributed by atoms with van der Waals surface area (Å²) >= 11 is 0. The number of Topliss-reactive ketones (excluding diaryl/α,β-unsaturated/α-hetero) is 1. The fraction of sp³-hybridized carbons (Fsp3) is 0.438. The molecule has 0 bridgehead atoms. The van der Waals surface area contributed by atoms with Crippen LogP contribution in [0.4, 0.5) is 5.69 Å². The van der Waals surface area contributed by atoms with Crippen molar-refractivity contribution < 1.29 is 9.21 Å². The Labute approximate surface area is 127 Å². The van der Waals surface area contributed by atoms with Gasteiger partial charge in [0, 0.05) is 19.0 Å². The molecule has 0 aliphatic heterocycles. The molecule has 2 aromatic rings. The van der Waals surface area contributed by atoms with Crippen LogP contribution in [0, 0.1) is 0 Å². The van der Waals surface area contributed by atoms with Crippen molar-refractivity contribution in [2.24, 2.45) is 5.10 Å². The molecule has 6 heteroatoms. The highest BCUT2D eigenvalue weighted by Gasteiger charge is 2.15. The van der Waals surface area contributed by atoms with Crippen molar-refractivity contribution in [1.29, 1.82) is 0 Å². The van der Waals surface area contributed by atoms with Crippen molar-refractivity contribution in [2.75, 3.05) is 5.43 Å². The Morgan fingerprint density at radius 3 is 2.86 bits per heavy atom. The topological polar surface area (TPSA) is 76.6 Å². The predicted molar refractivity (Wildman–Crippen MR) is 85.3 cm³/mol. The van der Waals surface area contributed by atoms with Crippen LogP contribution in [0.1, 0.15) is 39.0 Å². The monoisotopic (exact) mass is 301 g/mol. The minimum absolute atomic E-state index is 0.120. The SMILES string of the molecule is CCn1c(=O)oc2cc(N/N=C3\CCCCCC3=O)ccc21.